The Bertz CT molecular complexity index is 1180. The van der Waals surface area contributed by atoms with Crippen molar-refractivity contribution < 1.29 is 54.0 Å². The molecule has 0 radical (unpaired) electrons. The van der Waals surface area contributed by atoms with Crippen molar-refractivity contribution in [2.45, 2.75) is 89.2 Å². The second kappa shape index (κ2) is 18.2. The molecular formula is C28H41N5O11. The van der Waals surface area contributed by atoms with Gasteiger partial charge >= 0.3 is 17.9 Å². The molecule has 0 bridgehead atoms. The molecule has 0 aliphatic rings. The van der Waals surface area contributed by atoms with E-state index in [4.69, 9.17) is 10.8 Å². The van der Waals surface area contributed by atoms with Crippen molar-refractivity contribution in [1.82, 2.24) is 21.3 Å². The van der Waals surface area contributed by atoms with E-state index < -0.39 is 103 Å². The summed E-state index contributed by atoms with van der Waals surface area (Å²) in [6.07, 6.45) is -3.02. The monoisotopic (exact) mass is 623 g/mol. The van der Waals surface area contributed by atoms with Crippen molar-refractivity contribution >= 4 is 41.5 Å². The third-order valence-electron chi connectivity index (χ3n) is 6.77. The first-order valence-corrected chi connectivity index (χ1v) is 13.9. The molecule has 0 heterocycles. The van der Waals surface area contributed by atoms with Crippen LogP contribution < -0.4 is 27.0 Å². The number of benzene rings is 1. The van der Waals surface area contributed by atoms with E-state index >= 15 is 0 Å². The van der Waals surface area contributed by atoms with E-state index in [1.54, 1.807) is 44.2 Å². The molecule has 1 rings (SSSR count). The van der Waals surface area contributed by atoms with Crippen LogP contribution in [0.3, 0.4) is 0 Å². The third kappa shape index (κ3) is 12.7. The molecule has 0 aliphatic carbocycles. The quantitative estimate of drug-likeness (QED) is 0.0838. The number of hydrogen-bond acceptors (Lipinski definition) is 9. The van der Waals surface area contributed by atoms with E-state index in [0.717, 1.165) is 12.5 Å². The maximum absolute atomic E-state index is 13.3. The number of nitrogens with two attached hydrogens (primary N) is 1. The summed E-state index contributed by atoms with van der Waals surface area (Å²) in [5.74, 6) is -8.80. The fraction of sp³-hybridized carbons (Fsp3) is 0.536. The van der Waals surface area contributed by atoms with Crippen LogP contribution in [0.1, 0.15) is 52.0 Å². The van der Waals surface area contributed by atoms with Gasteiger partial charge in [-0.25, -0.2) is 4.79 Å². The zero-order valence-corrected chi connectivity index (χ0v) is 24.7. The van der Waals surface area contributed by atoms with Crippen LogP contribution in [-0.4, -0.2) is 98.3 Å². The van der Waals surface area contributed by atoms with Crippen molar-refractivity contribution in [2.75, 3.05) is 0 Å². The minimum Gasteiger partial charge on any atom is -0.481 e. The molecule has 1 aromatic rings. The first-order chi connectivity index (χ1) is 20.6. The number of rotatable bonds is 19. The highest BCUT2D eigenvalue weighted by Crippen LogP contribution is 2.11. The lowest BCUT2D eigenvalue weighted by molar-refractivity contribution is -0.145. The zero-order chi connectivity index (χ0) is 33.6. The number of aliphatic hydroxyl groups excluding tert-OH is 1. The van der Waals surface area contributed by atoms with Gasteiger partial charge in [0.15, 0.2) is 6.04 Å². The van der Waals surface area contributed by atoms with Gasteiger partial charge in [-0.2, -0.15) is 0 Å². The molecule has 16 nitrogen and oxygen atoms in total. The number of carboxylic acids is 3. The molecule has 0 aliphatic heterocycles. The molecule has 0 unspecified atom stereocenters. The topological polar surface area (TPSA) is 275 Å². The lowest BCUT2D eigenvalue weighted by Gasteiger charge is -2.29. The number of hydrogen-bond donors (Lipinski definition) is 9. The van der Waals surface area contributed by atoms with Gasteiger partial charge in [0.1, 0.15) is 18.1 Å². The van der Waals surface area contributed by atoms with Crippen LogP contribution in [0, 0.1) is 5.92 Å². The molecule has 16 heteroatoms. The third-order valence-corrected chi connectivity index (χ3v) is 6.77. The summed E-state index contributed by atoms with van der Waals surface area (Å²) in [5, 5.41) is 46.5. The fourth-order valence-electron chi connectivity index (χ4n) is 4.02. The summed E-state index contributed by atoms with van der Waals surface area (Å²) in [6.45, 7) is 4.37. The summed E-state index contributed by atoms with van der Waals surface area (Å²) in [5.41, 5.74) is 6.69. The van der Waals surface area contributed by atoms with Gasteiger partial charge in [-0.3, -0.25) is 28.8 Å². The lowest BCUT2D eigenvalue weighted by atomic mass is 9.96. The summed E-state index contributed by atoms with van der Waals surface area (Å²) in [7, 11) is 0. The normalized spacial score (nSPS) is 15.7. The number of aliphatic carboxylic acids is 3. The summed E-state index contributed by atoms with van der Waals surface area (Å²) in [6, 6.07) is 1.26. The van der Waals surface area contributed by atoms with Gasteiger partial charge in [0.2, 0.25) is 23.6 Å². The number of carbonyl (C=O) groups excluding carboxylic acids is 4. The van der Waals surface area contributed by atoms with Crippen LogP contribution in [0.4, 0.5) is 0 Å². The van der Waals surface area contributed by atoms with Crippen LogP contribution in [0.25, 0.3) is 0 Å². The number of carbonyl (C=O) groups is 7. The van der Waals surface area contributed by atoms with E-state index in [1.807, 2.05) is 5.32 Å². The first-order valence-electron chi connectivity index (χ1n) is 13.9. The summed E-state index contributed by atoms with van der Waals surface area (Å²) < 4.78 is 0. The van der Waals surface area contributed by atoms with Crippen molar-refractivity contribution in [3.05, 3.63) is 35.9 Å². The van der Waals surface area contributed by atoms with Crippen molar-refractivity contribution in [2.24, 2.45) is 11.7 Å². The van der Waals surface area contributed by atoms with Crippen molar-refractivity contribution in [3.8, 4) is 0 Å². The average Bonchev–Trinajstić information content (AvgIpc) is 2.95. The van der Waals surface area contributed by atoms with Gasteiger partial charge in [-0.1, -0.05) is 50.6 Å². The molecule has 4 amide bonds. The maximum Gasteiger partial charge on any atom is 0.328 e. The van der Waals surface area contributed by atoms with Crippen molar-refractivity contribution in [1.29, 1.82) is 0 Å². The number of carboxylic acid groups (broad SMARTS) is 3. The smallest absolute Gasteiger partial charge is 0.328 e. The zero-order valence-electron chi connectivity index (χ0n) is 24.7. The van der Waals surface area contributed by atoms with E-state index in [0.29, 0.717) is 6.42 Å². The summed E-state index contributed by atoms with van der Waals surface area (Å²) in [4.78, 5) is 86.2. The first kappa shape index (κ1) is 37.5. The van der Waals surface area contributed by atoms with E-state index in [-0.39, 0.29) is 6.42 Å². The number of aliphatic hydroxyl groups is 1. The highest BCUT2D eigenvalue weighted by atomic mass is 16.4. The number of nitrogens with one attached hydrogen (secondary N) is 4. The van der Waals surface area contributed by atoms with Gasteiger partial charge in [-0.05, 0) is 31.2 Å². The molecule has 0 spiro atoms. The average molecular weight is 624 g/mol. The Balaban J connectivity index is 3.15. The molecule has 10 N–H and O–H groups in total. The largest absolute Gasteiger partial charge is 0.481 e. The second-order valence-electron chi connectivity index (χ2n) is 10.4. The molecule has 7 atom stereocenters. The SMILES string of the molecule is CC[C@H](C)[C@H](NC(=O)[C@H](CC(=O)O)NC(=O)[C@@H](N)Cc1ccccc1)C(=O)N[C@@H](CCC(=O)O)C(=O)N[C@H](C(=O)O)[C@@H](C)O. The van der Waals surface area contributed by atoms with Gasteiger partial charge < -0.3 is 47.4 Å². The van der Waals surface area contributed by atoms with Crippen LogP contribution in [0.2, 0.25) is 0 Å². The Morgan fingerprint density at radius 3 is 1.80 bits per heavy atom. The fourth-order valence-corrected chi connectivity index (χ4v) is 4.02. The van der Waals surface area contributed by atoms with Gasteiger partial charge in [0.05, 0.1) is 18.6 Å². The van der Waals surface area contributed by atoms with Gasteiger partial charge in [0.25, 0.3) is 0 Å². The van der Waals surface area contributed by atoms with Gasteiger partial charge in [0, 0.05) is 6.42 Å². The maximum atomic E-state index is 13.3. The molecule has 1 aromatic carbocycles. The van der Waals surface area contributed by atoms with E-state index in [2.05, 4.69) is 16.0 Å². The standard InChI is InChI=1S/C28H41N5O11/c1-4-14(2)22(27(42)30-18(10-11-20(35)36)25(40)33-23(15(3)34)28(43)44)32-26(41)19(13-21(37)38)31-24(39)17(29)12-16-8-6-5-7-9-16/h5-9,14-15,17-19,22-23,34H,4,10-13,29H2,1-3H3,(H,30,42)(H,31,39)(H,32,41)(H,33,40)(H,35,36)(H,37,38)(H,43,44)/t14-,15+,17-,18-,19-,22-,23-/m0/s1. The molecule has 0 saturated carbocycles. The van der Waals surface area contributed by atoms with E-state index in [1.165, 1.54) is 0 Å². The summed E-state index contributed by atoms with van der Waals surface area (Å²) >= 11 is 0. The Kier molecular flexibility index (Phi) is 15.5. The Morgan fingerprint density at radius 1 is 0.750 bits per heavy atom. The predicted molar refractivity (Wildman–Crippen MR) is 154 cm³/mol. The Morgan fingerprint density at radius 2 is 1.30 bits per heavy atom. The second-order valence-corrected chi connectivity index (χ2v) is 10.4. The molecule has 0 aromatic heterocycles. The molecule has 244 valence electrons. The van der Waals surface area contributed by atoms with Crippen LogP contribution >= 0.6 is 0 Å². The van der Waals surface area contributed by atoms with Crippen molar-refractivity contribution in [3.63, 3.8) is 0 Å². The highest BCUT2D eigenvalue weighted by Gasteiger charge is 2.35. The molecule has 44 heavy (non-hydrogen) atoms. The highest BCUT2D eigenvalue weighted by molar-refractivity contribution is 5.96. The molecule has 0 fully saturated rings. The lowest BCUT2D eigenvalue weighted by Crippen LogP contribution is -2.60. The van der Waals surface area contributed by atoms with Crippen LogP contribution in [-0.2, 0) is 40.0 Å². The molecule has 0 saturated heterocycles. The van der Waals surface area contributed by atoms with Gasteiger partial charge in [-0.15, -0.1) is 0 Å². The Labute approximate surface area is 253 Å². The van der Waals surface area contributed by atoms with Crippen LogP contribution in [0.15, 0.2) is 30.3 Å². The molecular weight excluding hydrogens is 582 g/mol. The number of amides is 4. The predicted octanol–water partition coefficient (Wildman–Crippen LogP) is -1.65. The Hall–Kier alpha value is -4.57. The van der Waals surface area contributed by atoms with Crippen LogP contribution in [0.5, 0.6) is 0 Å². The minimum atomic E-state index is -1.76. The van der Waals surface area contributed by atoms with E-state index in [9.17, 15) is 48.9 Å². The minimum absolute atomic E-state index is 0.101.